The number of likely N-dealkylation sites (N-methyl/N-ethyl adjacent to an activating group) is 1. The molecule has 16 heavy (non-hydrogen) atoms. The Hall–Kier alpha value is -1.42. The van der Waals surface area contributed by atoms with Crippen molar-refractivity contribution in [2.75, 3.05) is 25.0 Å². The van der Waals surface area contributed by atoms with Crippen molar-refractivity contribution >= 4 is 18.2 Å². The Labute approximate surface area is 96.4 Å². The first-order valence-corrected chi connectivity index (χ1v) is 5.68. The van der Waals surface area contributed by atoms with E-state index in [4.69, 9.17) is 0 Å². The molecule has 0 saturated carbocycles. The molecule has 0 radical (unpaired) electrons. The van der Waals surface area contributed by atoms with Crippen LogP contribution >= 0.6 is 0 Å². The zero-order chi connectivity index (χ0) is 11.4. The van der Waals surface area contributed by atoms with Crippen molar-refractivity contribution in [1.29, 1.82) is 0 Å². The predicted octanol–water partition coefficient (Wildman–Crippen LogP) is 1.60. The topological polar surface area (TPSA) is 40.5 Å². The second-order valence-corrected chi connectivity index (χ2v) is 4.11. The molecule has 0 spiro atoms. The highest BCUT2D eigenvalue weighted by molar-refractivity contribution is 5.49. The number of rotatable bonds is 3. The van der Waals surface area contributed by atoms with Gasteiger partial charge in [0, 0.05) is 19.1 Å². The normalized spacial score (nSPS) is 20.8. The molecule has 4 heteroatoms. The fraction of sp³-hybridized carbons (Fsp3) is 0.500. The van der Waals surface area contributed by atoms with Crippen LogP contribution in [-0.4, -0.2) is 37.9 Å². The highest BCUT2D eigenvalue weighted by atomic mass is 15.2. The number of nitrogens with one attached hydrogen (secondary N) is 1. The van der Waals surface area contributed by atoms with Gasteiger partial charge in [0.05, 0.1) is 11.9 Å². The third kappa shape index (κ3) is 2.39. The van der Waals surface area contributed by atoms with Crippen molar-refractivity contribution in [3.63, 3.8) is 0 Å². The Morgan fingerprint density at radius 2 is 2.44 bits per heavy atom. The Balaban J connectivity index is 2.07. The lowest BCUT2D eigenvalue weighted by Gasteiger charge is -2.33. The Morgan fingerprint density at radius 1 is 1.56 bits per heavy atom. The molecule has 4 nitrogen and oxygen atoms in total. The number of hydrogen-bond acceptors (Lipinski definition) is 4. The van der Waals surface area contributed by atoms with Crippen LogP contribution in [0.25, 0.3) is 0 Å². The summed E-state index contributed by atoms with van der Waals surface area (Å²) in [5.41, 5.74) is 0.825. The van der Waals surface area contributed by atoms with Crippen LogP contribution in [0.2, 0.25) is 0 Å². The van der Waals surface area contributed by atoms with Gasteiger partial charge in [-0.2, -0.15) is 0 Å². The fourth-order valence-corrected chi connectivity index (χ4v) is 2.08. The molecule has 0 aliphatic carbocycles. The van der Waals surface area contributed by atoms with Gasteiger partial charge in [-0.05, 0) is 38.7 Å². The van der Waals surface area contributed by atoms with E-state index < -0.39 is 0 Å². The largest absolute Gasteiger partial charge is 0.355 e. The number of piperidine rings is 1. The lowest BCUT2D eigenvalue weighted by molar-refractivity contribution is 0.447. The molecule has 1 atom stereocenters. The van der Waals surface area contributed by atoms with Crippen molar-refractivity contribution in [3.05, 3.63) is 18.3 Å². The standard InChI is InChI=1S/C12H18N4/c1-13-10-5-6-12(15-8-10)16-7-3-4-11(9-16)14-2/h5-6,8,11,14H,1,3-4,7,9H2,2H3. The summed E-state index contributed by atoms with van der Waals surface area (Å²) >= 11 is 0. The maximum Gasteiger partial charge on any atom is 0.128 e. The maximum absolute atomic E-state index is 4.41. The van der Waals surface area contributed by atoms with Gasteiger partial charge in [0.15, 0.2) is 0 Å². The van der Waals surface area contributed by atoms with E-state index in [2.05, 4.69) is 26.9 Å². The third-order valence-corrected chi connectivity index (χ3v) is 3.07. The molecule has 1 aromatic rings. The Kier molecular flexibility index (Phi) is 3.51. The van der Waals surface area contributed by atoms with E-state index in [-0.39, 0.29) is 0 Å². The Morgan fingerprint density at radius 3 is 3.06 bits per heavy atom. The average Bonchev–Trinajstić information content (AvgIpc) is 2.39. The number of anilines is 1. The van der Waals surface area contributed by atoms with Crippen molar-refractivity contribution in [2.24, 2.45) is 4.99 Å². The van der Waals surface area contributed by atoms with Crippen LogP contribution in [0.1, 0.15) is 12.8 Å². The monoisotopic (exact) mass is 218 g/mol. The number of nitrogens with zero attached hydrogens (tertiary/aromatic N) is 3. The summed E-state index contributed by atoms with van der Waals surface area (Å²) in [4.78, 5) is 10.6. The maximum atomic E-state index is 4.41. The quantitative estimate of drug-likeness (QED) is 0.783. The molecule has 2 heterocycles. The molecule has 1 saturated heterocycles. The molecule has 1 fully saturated rings. The van der Waals surface area contributed by atoms with Crippen LogP contribution in [0.5, 0.6) is 0 Å². The van der Waals surface area contributed by atoms with Gasteiger partial charge in [0.2, 0.25) is 0 Å². The molecule has 0 amide bonds. The highest BCUT2D eigenvalue weighted by Gasteiger charge is 2.19. The zero-order valence-corrected chi connectivity index (χ0v) is 9.69. The van der Waals surface area contributed by atoms with E-state index in [0.717, 1.165) is 24.6 Å². The van der Waals surface area contributed by atoms with Gasteiger partial charge in [-0.1, -0.05) is 0 Å². The second kappa shape index (κ2) is 5.07. The van der Waals surface area contributed by atoms with Crippen molar-refractivity contribution in [2.45, 2.75) is 18.9 Å². The van der Waals surface area contributed by atoms with E-state index in [9.17, 15) is 0 Å². The zero-order valence-electron chi connectivity index (χ0n) is 9.69. The summed E-state index contributed by atoms with van der Waals surface area (Å²) in [6, 6.07) is 4.55. The predicted molar refractivity (Wildman–Crippen MR) is 67.7 cm³/mol. The van der Waals surface area contributed by atoms with Crippen LogP contribution in [0, 0.1) is 0 Å². The van der Waals surface area contributed by atoms with E-state index in [1.165, 1.54) is 12.8 Å². The minimum atomic E-state index is 0.577. The molecule has 1 N–H and O–H groups in total. The summed E-state index contributed by atoms with van der Waals surface area (Å²) in [5, 5.41) is 3.33. The molecular formula is C12H18N4. The van der Waals surface area contributed by atoms with E-state index in [1.54, 1.807) is 6.20 Å². The minimum Gasteiger partial charge on any atom is -0.355 e. The van der Waals surface area contributed by atoms with Gasteiger partial charge < -0.3 is 10.2 Å². The fourth-order valence-electron chi connectivity index (χ4n) is 2.08. The molecule has 1 aliphatic rings. The lowest BCUT2D eigenvalue weighted by Crippen LogP contribution is -2.44. The Bertz CT molecular complexity index is 347. The van der Waals surface area contributed by atoms with Gasteiger partial charge in [-0.15, -0.1) is 0 Å². The van der Waals surface area contributed by atoms with Crippen molar-refractivity contribution in [1.82, 2.24) is 10.3 Å². The summed E-state index contributed by atoms with van der Waals surface area (Å²) in [5.74, 6) is 1.03. The van der Waals surface area contributed by atoms with Crippen LogP contribution in [0.15, 0.2) is 23.3 Å². The van der Waals surface area contributed by atoms with Crippen molar-refractivity contribution < 1.29 is 0 Å². The van der Waals surface area contributed by atoms with Gasteiger partial charge in [-0.25, -0.2) is 4.98 Å². The first-order chi connectivity index (χ1) is 7.83. The van der Waals surface area contributed by atoms with Gasteiger partial charge in [0.1, 0.15) is 5.82 Å². The SMILES string of the molecule is C=Nc1ccc(N2CCCC(NC)C2)nc1. The third-order valence-electron chi connectivity index (χ3n) is 3.07. The molecule has 0 aromatic carbocycles. The molecule has 1 unspecified atom stereocenters. The van der Waals surface area contributed by atoms with E-state index in [1.807, 2.05) is 19.2 Å². The number of aliphatic imine (C=N–C) groups is 1. The van der Waals surface area contributed by atoms with Crippen LogP contribution in [-0.2, 0) is 0 Å². The van der Waals surface area contributed by atoms with E-state index in [0.29, 0.717) is 6.04 Å². The molecule has 1 aliphatic heterocycles. The van der Waals surface area contributed by atoms with Gasteiger partial charge >= 0.3 is 0 Å². The molecule has 86 valence electrons. The molecule has 2 rings (SSSR count). The summed E-state index contributed by atoms with van der Waals surface area (Å²) in [6.45, 7) is 5.61. The van der Waals surface area contributed by atoms with Crippen LogP contribution in [0.4, 0.5) is 11.5 Å². The number of aromatic nitrogens is 1. The number of hydrogen-bond donors (Lipinski definition) is 1. The second-order valence-electron chi connectivity index (χ2n) is 4.11. The molecule has 1 aromatic heterocycles. The summed E-state index contributed by atoms with van der Waals surface area (Å²) in [7, 11) is 2.02. The average molecular weight is 218 g/mol. The molecular weight excluding hydrogens is 200 g/mol. The van der Waals surface area contributed by atoms with E-state index >= 15 is 0 Å². The summed E-state index contributed by atoms with van der Waals surface area (Å²) in [6.07, 6.45) is 4.24. The van der Waals surface area contributed by atoms with Gasteiger partial charge in [-0.3, -0.25) is 4.99 Å². The minimum absolute atomic E-state index is 0.577. The van der Waals surface area contributed by atoms with Crippen LogP contribution in [0.3, 0.4) is 0 Å². The molecule has 0 bridgehead atoms. The van der Waals surface area contributed by atoms with Crippen molar-refractivity contribution in [3.8, 4) is 0 Å². The summed E-state index contributed by atoms with van der Waals surface area (Å²) < 4.78 is 0. The first-order valence-electron chi connectivity index (χ1n) is 5.68. The lowest BCUT2D eigenvalue weighted by atomic mass is 10.1. The smallest absolute Gasteiger partial charge is 0.128 e. The highest BCUT2D eigenvalue weighted by Crippen LogP contribution is 2.19. The number of pyridine rings is 1. The van der Waals surface area contributed by atoms with Gasteiger partial charge in [0.25, 0.3) is 0 Å². The van der Waals surface area contributed by atoms with Crippen LogP contribution < -0.4 is 10.2 Å². The first kappa shape index (κ1) is 11.1.